The fourth-order valence-electron chi connectivity index (χ4n) is 1.20. The van der Waals surface area contributed by atoms with Gasteiger partial charge in [-0.15, -0.1) is 0 Å². The molecule has 0 spiro atoms. The Morgan fingerprint density at radius 3 is 2.38 bits per heavy atom. The number of halogens is 3. The van der Waals surface area contributed by atoms with Gasteiger partial charge in [-0.3, -0.25) is 4.79 Å². The number of nitrogens with one attached hydrogen (secondary N) is 1. The Balaban J connectivity index is 3.28. The Hall–Kier alpha value is -0.780. The summed E-state index contributed by atoms with van der Waals surface area (Å²) in [6, 6.07) is 0. The molecule has 0 rings (SSSR count). The highest BCUT2D eigenvalue weighted by Crippen LogP contribution is 2.21. The zero-order valence-electron chi connectivity index (χ0n) is 9.28. The third kappa shape index (κ3) is 11.3. The lowest BCUT2D eigenvalue weighted by Crippen LogP contribution is -2.24. The molecule has 0 aromatic heterocycles. The van der Waals surface area contributed by atoms with Gasteiger partial charge in [0, 0.05) is 19.4 Å². The molecule has 0 unspecified atom stereocenters. The lowest BCUT2D eigenvalue weighted by Gasteiger charge is -2.07. The van der Waals surface area contributed by atoms with Gasteiger partial charge in [0.2, 0.25) is 5.91 Å². The Bertz CT molecular complexity index is 195. The second kappa shape index (κ2) is 8.38. The van der Waals surface area contributed by atoms with Gasteiger partial charge in [-0.05, 0) is 32.2 Å². The highest BCUT2D eigenvalue weighted by molar-refractivity contribution is 5.75. The summed E-state index contributed by atoms with van der Waals surface area (Å²) >= 11 is 0. The van der Waals surface area contributed by atoms with Crippen LogP contribution in [-0.2, 0) is 4.79 Å². The molecule has 0 saturated heterocycles. The first-order valence-corrected chi connectivity index (χ1v) is 5.49. The van der Waals surface area contributed by atoms with Gasteiger partial charge in [0.15, 0.2) is 0 Å². The first kappa shape index (κ1) is 15.2. The average molecular weight is 240 g/mol. The minimum Gasteiger partial charge on any atom is -0.356 e. The van der Waals surface area contributed by atoms with E-state index in [0.717, 1.165) is 12.8 Å². The largest absolute Gasteiger partial charge is 0.389 e. The van der Waals surface area contributed by atoms with Crippen molar-refractivity contribution >= 4 is 5.91 Å². The number of amides is 1. The van der Waals surface area contributed by atoms with Crippen molar-refractivity contribution in [1.29, 1.82) is 0 Å². The van der Waals surface area contributed by atoms with Crippen LogP contribution in [0.1, 0.15) is 38.5 Å². The summed E-state index contributed by atoms with van der Waals surface area (Å²) in [6.45, 7) is 0.871. The van der Waals surface area contributed by atoms with E-state index < -0.39 is 12.6 Å². The monoisotopic (exact) mass is 240 g/mol. The number of hydrogen-bond donors (Lipinski definition) is 2. The molecular weight excluding hydrogens is 221 g/mol. The van der Waals surface area contributed by atoms with Gasteiger partial charge in [-0.25, -0.2) is 0 Å². The topological polar surface area (TPSA) is 55.1 Å². The van der Waals surface area contributed by atoms with Crippen LogP contribution >= 0.6 is 0 Å². The van der Waals surface area contributed by atoms with E-state index >= 15 is 0 Å². The molecule has 0 saturated carbocycles. The van der Waals surface area contributed by atoms with Gasteiger partial charge in [0.05, 0.1) is 0 Å². The van der Waals surface area contributed by atoms with E-state index in [0.29, 0.717) is 25.9 Å². The third-order valence-electron chi connectivity index (χ3n) is 2.07. The van der Waals surface area contributed by atoms with E-state index in [1.165, 1.54) is 0 Å². The number of rotatable bonds is 8. The number of hydrogen-bond acceptors (Lipinski definition) is 2. The van der Waals surface area contributed by atoms with Gasteiger partial charge >= 0.3 is 6.18 Å². The molecule has 1 amide bonds. The van der Waals surface area contributed by atoms with Crippen LogP contribution in [0.15, 0.2) is 0 Å². The quantitative estimate of drug-likeness (QED) is 0.637. The fourth-order valence-corrected chi connectivity index (χ4v) is 1.20. The molecule has 0 bridgehead atoms. The number of nitrogens with two attached hydrogens (primary N) is 1. The van der Waals surface area contributed by atoms with Crippen molar-refractivity contribution in [2.24, 2.45) is 5.73 Å². The van der Waals surface area contributed by atoms with Gasteiger partial charge in [0.25, 0.3) is 0 Å². The first-order valence-electron chi connectivity index (χ1n) is 5.49. The molecule has 0 atom stereocenters. The summed E-state index contributed by atoms with van der Waals surface area (Å²) in [4.78, 5) is 11.1. The van der Waals surface area contributed by atoms with Crippen LogP contribution in [0.5, 0.6) is 0 Å². The van der Waals surface area contributed by atoms with E-state index in [-0.39, 0.29) is 12.3 Å². The predicted octanol–water partition coefficient (Wildman–Crippen LogP) is 1.96. The van der Waals surface area contributed by atoms with Crippen molar-refractivity contribution in [2.45, 2.75) is 44.7 Å². The molecule has 0 fully saturated rings. The first-order chi connectivity index (χ1) is 7.45. The predicted molar refractivity (Wildman–Crippen MR) is 55.8 cm³/mol. The van der Waals surface area contributed by atoms with E-state index in [4.69, 9.17) is 5.73 Å². The van der Waals surface area contributed by atoms with Crippen LogP contribution in [0, 0.1) is 0 Å². The molecule has 0 aliphatic heterocycles. The van der Waals surface area contributed by atoms with Crippen LogP contribution in [0.4, 0.5) is 13.2 Å². The minimum absolute atomic E-state index is 0.0621. The molecule has 3 N–H and O–H groups in total. The molecule has 0 aromatic carbocycles. The molecule has 0 aliphatic rings. The standard InChI is InChI=1S/C10H19F3N2O/c11-10(12,13)6-2-4-8-15-9(16)5-1-3-7-14/h1-8,14H2,(H,15,16). The highest BCUT2D eigenvalue weighted by atomic mass is 19.4. The lowest BCUT2D eigenvalue weighted by molar-refractivity contribution is -0.135. The Kier molecular flexibility index (Phi) is 7.97. The van der Waals surface area contributed by atoms with Crippen LogP contribution in [0.3, 0.4) is 0 Å². The molecule has 0 aromatic rings. The summed E-state index contributed by atoms with van der Waals surface area (Å²) in [5.41, 5.74) is 5.26. The maximum absolute atomic E-state index is 11.7. The fraction of sp³-hybridized carbons (Fsp3) is 0.900. The summed E-state index contributed by atoms with van der Waals surface area (Å²) in [5, 5.41) is 2.58. The van der Waals surface area contributed by atoms with Crippen molar-refractivity contribution < 1.29 is 18.0 Å². The normalized spacial score (nSPS) is 11.5. The van der Waals surface area contributed by atoms with Crippen molar-refractivity contribution in [3.8, 4) is 0 Å². The van der Waals surface area contributed by atoms with Crippen molar-refractivity contribution in [1.82, 2.24) is 5.32 Å². The zero-order chi connectivity index (χ0) is 12.4. The maximum atomic E-state index is 11.7. The highest BCUT2D eigenvalue weighted by Gasteiger charge is 2.25. The molecular formula is C10H19F3N2O. The smallest absolute Gasteiger partial charge is 0.356 e. The molecule has 3 nitrogen and oxygen atoms in total. The van der Waals surface area contributed by atoms with Crippen LogP contribution in [0.2, 0.25) is 0 Å². The summed E-state index contributed by atoms with van der Waals surface area (Å²) < 4.78 is 35.2. The summed E-state index contributed by atoms with van der Waals surface area (Å²) in [5.74, 6) is -0.111. The SMILES string of the molecule is NCCCCC(=O)NCCCCC(F)(F)F. The van der Waals surface area contributed by atoms with Crippen LogP contribution < -0.4 is 11.1 Å². The molecule has 96 valence electrons. The molecule has 0 heterocycles. The van der Waals surface area contributed by atoms with Crippen molar-refractivity contribution in [3.63, 3.8) is 0 Å². The molecule has 16 heavy (non-hydrogen) atoms. The van der Waals surface area contributed by atoms with Crippen molar-refractivity contribution in [3.05, 3.63) is 0 Å². The van der Waals surface area contributed by atoms with Crippen molar-refractivity contribution in [2.75, 3.05) is 13.1 Å². The Morgan fingerprint density at radius 2 is 1.81 bits per heavy atom. The number of unbranched alkanes of at least 4 members (excludes halogenated alkanes) is 2. The van der Waals surface area contributed by atoms with Gasteiger partial charge in [-0.1, -0.05) is 0 Å². The van der Waals surface area contributed by atoms with E-state index in [1.807, 2.05) is 0 Å². The van der Waals surface area contributed by atoms with Crippen LogP contribution in [-0.4, -0.2) is 25.2 Å². The average Bonchev–Trinajstić information content (AvgIpc) is 2.16. The Labute approximate surface area is 93.6 Å². The molecule has 0 aliphatic carbocycles. The van der Waals surface area contributed by atoms with E-state index in [9.17, 15) is 18.0 Å². The molecule has 6 heteroatoms. The van der Waals surface area contributed by atoms with Gasteiger partial charge < -0.3 is 11.1 Å². The van der Waals surface area contributed by atoms with Crippen LogP contribution in [0.25, 0.3) is 0 Å². The lowest BCUT2D eigenvalue weighted by atomic mass is 10.2. The van der Waals surface area contributed by atoms with Gasteiger partial charge in [0.1, 0.15) is 0 Å². The summed E-state index contributed by atoms with van der Waals surface area (Å²) in [6.07, 6.45) is -2.53. The maximum Gasteiger partial charge on any atom is 0.389 e. The number of carbonyl (C=O) groups excluding carboxylic acids is 1. The molecule has 0 radical (unpaired) electrons. The number of carbonyl (C=O) groups is 1. The summed E-state index contributed by atoms with van der Waals surface area (Å²) in [7, 11) is 0. The minimum atomic E-state index is -4.09. The Morgan fingerprint density at radius 1 is 1.12 bits per heavy atom. The zero-order valence-corrected chi connectivity index (χ0v) is 9.28. The second-order valence-corrected chi connectivity index (χ2v) is 3.67. The van der Waals surface area contributed by atoms with E-state index in [1.54, 1.807) is 0 Å². The number of alkyl halides is 3. The van der Waals surface area contributed by atoms with Gasteiger partial charge in [-0.2, -0.15) is 13.2 Å². The second-order valence-electron chi connectivity index (χ2n) is 3.67. The van der Waals surface area contributed by atoms with E-state index in [2.05, 4.69) is 5.32 Å². The third-order valence-corrected chi connectivity index (χ3v) is 2.07.